The Kier molecular flexibility index (Phi) is 5.20. The molecule has 31 heavy (non-hydrogen) atoms. The van der Waals surface area contributed by atoms with Crippen LogP contribution in [0, 0.1) is 12.3 Å². The first-order chi connectivity index (χ1) is 15.1. The maximum Gasteiger partial charge on any atom is 0.235 e. The summed E-state index contributed by atoms with van der Waals surface area (Å²) >= 11 is 1.26. The SMILES string of the molecule is Cc1nc(-n2cnnn2)ccc1[C@@H](O)CN1CCC2(CC1)CCN(c1ncns1)C2=O. The summed E-state index contributed by atoms with van der Waals surface area (Å²) < 4.78 is 5.50. The number of anilines is 1. The Morgan fingerprint density at radius 2 is 2.03 bits per heavy atom. The molecule has 0 bridgehead atoms. The average molecular weight is 442 g/mol. The zero-order valence-electron chi connectivity index (χ0n) is 17.1. The predicted molar refractivity (Wildman–Crippen MR) is 112 cm³/mol. The molecular weight excluding hydrogens is 418 g/mol. The lowest BCUT2D eigenvalue weighted by molar-refractivity contribution is -0.128. The number of nitrogens with zero attached hydrogens (tertiary/aromatic N) is 9. The van der Waals surface area contributed by atoms with Gasteiger partial charge in [0.15, 0.2) is 5.82 Å². The Balaban J connectivity index is 1.21. The van der Waals surface area contributed by atoms with E-state index in [4.69, 9.17) is 0 Å². The van der Waals surface area contributed by atoms with Gasteiger partial charge in [-0.2, -0.15) is 9.06 Å². The van der Waals surface area contributed by atoms with Gasteiger partial charge in [0.1, 0.15) is 12.7 Å². The van der Waals surface area contributed by atoms with Gasteiger partial charge < -0.3 is 10.0 Å². The standard InChI is InChI=1S/C19H23N9O2S/c1-13-14(2-3-16(23-13)28-12-21-24-25-28)15(29)10-26-7-4-19(5-8-26)6-9-27(17(19)30)18-20-11-22-31-18/h2-3,11-12,15,29H,4-10H2,1H3/t15-/m0/s1. The number of hydrogen-bond donors (Lipinski definition) is 1. The topological polar surface area (TPSA) is 126 Å². The lowest BCUT2D eigenvalue weighted by Gasteiger charge is -2.38. The number of pyridine rings is 1. The molecule has 2 aliphatic heterocycles. The fourth-order valence-electron chi connectivity index (χ4n) is 4.56. The molecule has 11 nitrogen and oxygen atoms in total. The molecular formula is C19H23N9O2S. The van der Waals surface area contributed by atoms with Crippen LogP contribution in [0.2, 0.25) is 0 Å². The van der Waals surface area contributed by atoms with E-state index in [1.165, 1.54) is 28.9 Å². The van der Waals surface area contributed by atoms with Gasteiger partial charge in [-0.15, -0.1) is 5.10 Å². The van der Waals surface area contributed by atoms with Crippen molar-refractivity contribution < 1.29 is 9.90 Å². The van der Waals surface area contributed by atoms with Crippen LogP contribution in [0.4, 0.5) is 5.13 Å². The largest absolute Gasteiger partial charge is 0.387 e. The van der Waals surface area contributed by atoms with Crippen molar-refractivity contribution in [2.24, 2.45) is 5.41 Å². The van der Waals surface area contributed by atoms with Crippen molar-refractivity contribution >= 4 is 22.6 Å². The van der Waals surface area contributed by atoms with Gasteiger partial charge in [-0.25, -0.2) is 9.97 Å². The molecule has 1 N–H and O–H groups in total. The summed E-state index contributed by atoms with van der Waals surface area (Å²) in [6, 6.07) is 3.67. The Hall–Kier alpha value is -2.83. The fraction of sp³-hybridized carbons (Fsp3) is 0.526. The Labute approximate surface area is 182 Å². The van der Waals surface area contributed by atoms with E-state index in [-0.39, 0.29) is 11.3 Å². The summed E-state index contributed by atoms with van der Waals surface area (Å²) in [6.45, 7) is 4.65. The van der Waals surface area contributed by atoms with E-state index >= 15 is 0 Å². The fourth-order valence-corrected chi connectivity index (χ4v) is 5.12. The van der Waals surface area contributed by atoms with Crippen LogP contribution in [0.5, 0.6) is 0 Å². The third-order valence-corrected chi connectivity index (χ3v) is 7.08. The first-order valence-electron chi connectivity index (χ1n) is 10.3. The van der Waals surface area contributed by atoms with Crippen LogP contribution in [0.15, 0.2) is 24.8 Å². The third kappa shape index (κ3) is 3.70. The molecule has 3 aromatic rings. The van der Waals surface area contributed by atoms with E-state index in [0.717, 1.165) is 43.6 Å². The predicted octanol–water partition coefficient (Wildman–Crippen LogP) is 0.770. The highest BCUT2D eigenvalue weighted by molar-refractivity contribution is 7.09. The normalized spacial score (nSPS) is 19.9. The van der Waals surface area contributed by atoms with E-state index in [0.29, 0.717) is 24.0 Å². The molecule has 2 saturated heterocycles. The summed E-state index contributed by atoms with van der Waals surface area (Å²) in [6.07, 6.45) is 4.77. The Bertz CT molecular complexity index is 1050. The first-order valence-corrected chi connectivity index (χ1v) is 11.0. The lowest BCUT2D eigenvalue weighted by Crippen LogP contribution is -2.45. The van der Waals surface area contributed by atoms with Gasteiger partial charge in [0, 0.05) is 35.9 Å². The smallest absolute Gasteiger partial charge is 0.235 e. The Morgan fingerprint density at radius 1 is 1.23 bits per heavy atom. The highest BCUT2D eigenvalue weighted by Gasteiger charge is 2.49. The van der Waals surface area contributed by atoms with Crippen molar-refractivity contribution in [2.45, 2.75) is 32.3 Å². The van der Waals surface area contributed by atoms with Crippen LogP contribution in [-0.4, -0.2) is 76.6 Å². The van der Waals surface area contributed by atoms with Crippen LogP contribution in [0.25, 0.3) is 5.82 Å². The summed E-state index contributed by atoms with van der Waals surface area (Å²) in [5.74, 6) is 0.778. The number of carbonyl (C=O) groups is 1. The maximum atomic E-state index is 13.1. The van der Waals surface area contributed by atoms with Crippen molar-refractivity contribution in [3.63, 3.8) is 0 Å². The zero-order valence-corrected chi connectivity index (χ0v) is 17.9. The number of hydrogen-bond acceptors (Lipinski definition) is 10. The molecule has 0 saturated carbocycles. The van der Waals surface area contributed by atoms with E-state index in [2.05, 4.69) is 34.8 Å². The molecule has 5 heterocycles. The highest BCUT2D eigenvalue weighted by Crippen LogP contribution is 2.43. The van der Waals surface area contributed by atoms with Crippen molar-refractivity contribution in [1.29, 1.82) is 0 Å². The molecule has 1 atom stereocenters. The second-order valence-electron chi connectivity index (χ2n) is 8.13. The van der Waals surface area contributed by atoms with Gasteiger partial charge in [0.05, 0.1) is 11.5 Å². The molecule has 162 valence electrons. The van der Waals surface area contributed by atoms with Gasteiger partial charge in [0.25, 0.3) is 0 Å². The second kappa shape index (κ2) is 8.02. The number of tetrazole rings is 1. The van der Waals surface area contributed by atoms with E-state index < -0.39 is 6.10 Å². The number of amides is 1. The molecule has 3 aromatic heterocycles. The van der Waals surface area contributed by atoms with Gasteiger partial charge >= 0.3 is 0 Å². The number of rotatable bonds is 5. The first kappa shape index (κ1) is 20.1. The monoisotopic (exact) mass is 441 g/mol. The van der Waals surface area contributed by atoms with Crippen LogP contribution >= 0.6 is 11.5 Å². The average Bonchev–Trinajstić information content (AvgIpc) is 3.53. The highest BCUT2D eigenvalue weighted by atomic mass is 32.1. The number of likely N-dealkylation sites (tertiary alicyclic amines) is 1. The van der Waals surface area contributed by atoms with Gasteiger partial charge in [-0.1, -0.05) is 6.07 Å². The molecule has 0 unspecified atom stereocenters. The molecule has 12 heteroatoms. The molecule has 0 aliphatic carbocycles. The van der Waals surface area contributed by atoms with Crippen molar-refractivity contribution in [3.05, 3.63) is 36.0 Å². The van der Waals surface area contributed by atoms with Crippen LogP contribution < -0.4 is 4.90 Å². The molecule has 2 fully saturated rings. The van der Waals surface area contributed by atoms with Crippen LogP contribution in [0.1, 0.15) is 36.6 Å². The minimum absolute atomic E-state index is 0.169. The lowest BCUT2D eigenvalue weighted by atomic mass is 9.77. The Morgan fingerprint density at radius 3 is 2.71 bits per heavy atom. The van der Waals surface area contributed by atoms with Gasteiger partial charge in [-0.3, -0.25) is 9.69 Å². The second-order valence-corrected chi connectivity index (χ2v) is 8.88. The number of carbonyl (C=O) groups excluding carboxylic acids is 1. The number of aliphatic hydroxyl groups excluding tert-OH is 1. The molecule has 5 rings (SSSR count). The number of β-amino-alcohol motifs (C(OH)–C–C–N with tert-alkyl or cyclic N) is 1. The summed E-state index contributed by atoms with van der Waals surface area (Å²) in [5.41, 5.74) is 1.22. The van der Waals surface area contributed by atoms with Gasteiger partial charge in [0.2, 0.25) is 11.0 Å². The van der Waals surface area contributed by atoms with E-state index in [9.17, 15) is 9.90 Å². The van der Waals surface area contributed by atoms with Crippen LogP contribution in [-0.2, 0) is 4.79 Å². The van der Waals surface area contributed by atoms with E-state index in [1.54, 1.807) is 11.0 Å². The minimum Gasteiger partial charge on any atom is -0.387 e. The maximum absolute atomic E-state index is 13.1. The molecule has 1 spiro atoms. The zero-order chi connectivity index (χ0) is 21.4. The summed E-state index contributed by atoms with van der Waals surface area (Å²) in [4.78, 5) is 25.8. The minimum atomic E-state index is -0.651. The number of aromatic nitrogens is 7. The number of piperidine rings is 1. The third-order valence-electron chi connectivity index (χ3n) is 6.39. The quantitative estimate of drug-likeness (QED) is 0.611. The molecule has 0 aromatic carbocycles. The number of aliphatic hydroxyl groups is 1. The summed E-state index contributed by atoms with van der Waals surface area (Å²) in [7, 11) is 0. The van der Waals surface area contributed by atoms with Gasteiger partial charge in [-0.05, 0) is 55.8 Å². The van der Waals surface area contributed by atoms with Crippen molar-refractivity contribution in [2.75, 3.05) is 31.1 Å². The molecule has 1 amide bonds. The molecule has 2 aliphatic rings. The van der Waals surface area contributed by atoms with E-state index in [1.807, 2.05) is 13.0 Å². The van der Waals surface area contributed by atoms with Crippen molar-refractivity contribution in [3.8, 4) is 5.82 Å². The summed E-state index contributed by atoms with van der Waals surface area (Å²) in [5, 5.41) is 22.6. The number of aryl methyl sites for hydroxylation is 1. The molecule has 0 radical (unpaired) electrons. The van der Waals surface area contributed by atoms with Crippen LogP contribution in [0.3, 0.4) is 0 Å². The van der Waals surface area contributed by atoms with Crippen molar-refractivity contribution in [1.82, 2.24) is 39.4 Å².